The molecule has 6 nitrogen and oxygen atoms in total. The monoisotopic (exact) mass is 256 g/mol. The molecule has 1 aromatic carbocycles. The van der Waals surface area contributed by atoms with Crippen molar-refractivity contribution in [3.05, 3.63) is 36.0 Å². The number of nitrogens with zero attached hydrogens (tertiary/aromatic N) is 4. The fourth-order valence-electron chi connectivity index (χ4n) is 1.79. The molecule has 0 aliphatic carbocycles. The molecule has 0 bridgehead atoms. The highest BCUT2D eigenvalue weighted by molar-refractivity contribution is 5.64. The maximum atomic E-state index is 9.88. The predicted octanol–water partition coefficient (Wildman–Crippen LogP) is 2.15. The fraction of sp³-hybridized carbons (Fsp3) is 0.154. The summed E-state index contributed by atoms with van der Waals surface area (Å²) in [5.41, 5.74) is 2.11. The molecule has 3 rings (SSSR count). The van der Waals surface area contributed by atoms with Gasteiger partial charge in [0.1, 0.15) is 11.4 Å². The Labute approximate surface area is 109 Å². The Hall–Kier alpha value is -2.63. The molecule has 0 saturated heterocycles. The summed E-state index contributed by atoms with van der Waals surface area (Å²) >= 11 is 0. The first-order chi connectivity index (χ1) is 9.13. The maximum Gasteiger partial charge on any atom is 0.262 e. The third-order valence-electron chi connectivity index (χ3n) is 2.75. The number of phenolic OH excluding ortho intramolecular Hbond substituents is 1. The number of aromatic nitrogens is 4. The van der Waals surface area contributed by atoms with Crippen molar-refractivity contribution in [2.75, 3.05) is 0 Å². The third-order valence-corrected chi connectivity index (χ3v) is 2.75. The highest BCUT2D eigenvalue weighted by atomic mass is 16.5. The first kappa shape index (κ1) is 11.5. The number of aromatic hydroxyl groups is 1. The zero-order chi connectivity index (χ0) is 13.4. The van der Waals surface area contributed by atoms with Crippen LogP contribution in [0.25, 0.3) is 23.0 Å². The van der Waals surface area contributed by atoms with E-state index in [1.807, 2.05) is 20.0 Å². The van der Waals surface area contributed by atoms with Crippen molar-refractivity contribution in [1.29, 1.82) is 0 Å². The van der Waals surface area contributed by atoms with Gasteiger partial charge in [-0.2, -0.15) is 10.1 Å². The van der Waals surface area contributed by atoms with E-state index >= 15 is 0 Å². The van der Waals surface area contributed by atoms with Crippen molar-refractivity contribution < 1.29 is 9.63 Å². The van der Waals surface area contributed by atoms with E-state index in [1.165, 1.54) is 0 Å². The molecule has 96 valence electrons. The van der Waals surface area contributed by atoms with Crippen molar-refractivity contribution in [3.8, 4) is 28.7 Å². The summed E-state index contributed by atoms with van der Waals surface area (Å²) in [6.45, 7) is 1.90. The number of rotatable bonds is 2. The Morgan fingerprint density at radius 1 is 1.26 bits per heavy atom. The van der Waals surface area contributed by atoms with E-state index in [-0.39, 0.29) is 11.6 Å². The second-order valence-corrected chi connectivity index (χ2v) is 4.32. The molecule has 1 N–H and O–H groups in total. The summed E-state index contributed by atoms with van der Waals surface area (Å²) in [5.74, 6) is 0.796. The molecule has 0 saturated carbocycles. The van der Waals surface area contributed by atoms with Gasteiger partial charge in [0.2, 0.25) is 5.82 Å². The van der Waals surface area contributed by atoms with Gasteiger partial charge in [0.05, 0.1) is 5.56 Å². The van der Waals surface area contributed by atoms with Crippen molar-refractivity contribution in [3.63, 3.8) is 0 Å². The second-order valence-electron chi connectivity index (χ2n) is 4.32. The molecule has 6 heteroatoms. The van der Waals surface area contributed by atoms with E-state index in [0.29, 0.717) is 17.1 Å². The molecule has 19 heavy (non-hydrogen) atoms. The SMILES string of the molecule is Cc1ccc(-c2nc(-c3ccn(C)n3)no2)c(O)c1. The minimum absolute atomic E-state index is 0.122. The highest BCUT2D eigenvalue weighted by Crippen LogP contribution is 2.29. The number of phenols is 1. The fourth-order valence-corrected chi connectivity index (χ4v) is 1.79. The van der Waals surface area contributed by atoms with Crippen molar-refractivity contribution >= 4 is 0 Å². The van der Waals surface area contributed by atoms with Gasteiger partial charge < -0.3 is 9.63 Å². The third kappa shape index (κ3) is 2.08. The Kier molecular flexibility index (Phi) is 2.56. The van der Waals surface area contributed by atoms with Crippen molar-refractivity contribution in [2.24, 2.45) is 7.05 Å². The van der Waals surface area contributed by atoms with E-state index in [0.717, 1.165) is 5.56 Å². The minimum atomic E-state index is 0.122. The van der Waals surface area contributed by atoms with Gasteiger partial charge in [-0.15, -0.1) is 0 Å². The van der Waals surface area contributed by atoms with Gasteiger partial charge in [0.15, 0.2) is 0 Å². The first-order valence-corrected chi connectivity index (χ1v) is 5.77. The molecular weight excluding hydrogens is 244 g/mol. The average molecular weight is 256 g/mol. The molecule has 2 aromatic heterocycles. The van der Waals surface area contributed by atoms with Gasteiger partial charge in [0, 0.05) is 13.2 Å². The van der Waals surface area contributed by atoms with Crippen LogP contribution in [0.15, 0.2) is 35.0 Å². The Morgan fingerprint density at radius 2 is 2.11 bits per heavy atom. The Balaban J connectivity index is 2.01. The molecule has 3 aromatic rings. The van der Waals surface area contributed by atoms with Crippen molar-refractivity contribution in [2.45, 2.75) is 6.92 Å². The quantitative estimate of drug-likeness (QED) is 0.760. The molecular formula is C13H12N4O2. The smallest absolute Gasteiger partial charge is 0.262 e. The normalized spacial score (nSPS) is 10.8. The van der Waals surface area contributed by atoms with Crippen molar-refractivity contribution in [1.82, 2.24) is 19.9 Å². The van der Waals surface area contributed by atoms with Crippen LogP contribution >= 0.6 is 0 Å². The molecule has 0 unspecified atom stereocenters. The van der Waals surface area contributed by atoms with Crippen LogP contribution in [0.5, 0.6) is 5.75 Å². The van der Waals surface area contributed by atoms with Crippen LogP contribution in [-0.4, -0.2) is 25.0 Å². The summed E-state index contributed by atoms with van der Waals surface area (Å²) in [6.07, 6.45) is 1.80. The van der Waals surface area contributed by atoms with E-state index in [2.05, 4.69) is 15.2 Å². The molecule has 0 aliphatic heterocycles. The van der Waals surface area contributed by atoms with Gasteiger partial charge in [-0.1, -0.05) is 11.2 Å². The molecule has 0 amide bonds. The van der Waals surface area contributed by atoms with Crippen LogP contribution in [0.4, 0.5) is 0 Å². The number of benzene rings is 1. The van der Waals surface area contributed by atoms with E-state index < -0.39 is 0 Å². The Bertz CT molecular complexity index is 730. The topological polar surface area (TPSA) is 77.0 Å². The minimum Gasteiger partial charge on any atom is -0.507 e. The molecule has 0 atom stereocenters. The summed E-state index contributed by atoms with van der Waals surface area (Å²) in [4.78, 5) is 4.24. The van der Waals surface area contributed by atoms with Crippen LogP contribution in [0.3, 0.4) is 0 Å². The standard InChI is InChI=1S/C13H12N4O2/c1-8-3-4-9(11(18)7-8)13-14-12(16-19-13)10-5-6-17(2)15-10/h3-7,18H,1-2H3. The first-order valence-electron chi connectivity index (χ1n) is 5.77. The number of hydrogen-bond donors (Lipinski definition) is 1. The maximum absolute atomic E-state index is 9.88. The highest BCUT2D eigenvalue weighted by Gasteiger charge is 2.15. The zero-order valence-corrected chi connectivity index (χ0v) is 10.5. The van der Waals surface area contributed by atoms with Crippen LogP contribution in [0, 0.1) is 6.92 Å². The average Bonchev–Trinajstić information content (AvgIpc) is 2.97. The van der Waals surface area contributed by atoms with Crippen LogP contribution in [0.2, 0.25) is 0 Å². The van der Waals surface area contributed by atoms with E-state index in [9.17, 15) is 5.11 Å². The zero-order valence-electron chi connectivity index (χ0n) is 10.5. The van der Waals surface area contributed by atoms with Gasteiger partial charge in [-0.05, 0) is 30.7 Å². The molecule has 0 spiro atoms. The summed E-state index contributed by atoms with van der Waals surface area (Å²) in [6, 6.07) is 7.07. The lowest BCUT2D eigenvalue weighted by Gasteiger charge is -1.99. The molecule has 0 fully saturated rings. The van der Waals surface area contributed by atoms with Gasteiger partial charge in [-0.3, -0.25) is 4.68 Å². The predicted molar refractivity (Wildman–Crippen MR) is 68.3 cm³/mol. The van der Waals surface area contributed by atoms with Crippen LogP contribution in [0.1, 0.15) is 5.56 Å². The molecule has 0 aliphatic rings. The molecule has 0 radical (unpaired) electrons. The summed E-state index contributed by atoms with van der Waals surface area (Å²) < 4.78 is 6.83. The van der Waals surface area contributed by atoms with Gasteiger partial charge in [0.25, 0.3) is 5.89 Å². The summed E-state index contributed by atoms with van der Waals surface area (Å²) in [7, 11) is 1.82. The summed E-state index contributed by atoms with van der Waals surface area (Å²) in [5, 5.41) is 17.9. The van der Waals surface area contributed by atoms with Crippen LogP contribution < -0.4 is 0 Å². The Morgan fingerprint density at radius 3 is 2.79 bits per heavy atom. The molecule has 2 heterocycles. The van der Waals surface area contributed by atoms with Gasteiger partial charge >= 0.3 is 0 Å². The van der Waals surface area contributed by atoms with E-state index in [4.69, 9.17) is 4.52 Å². The number of aryl methyl sites for hydroxylation is 2. The second kappa shape index (κ2) is 4.24. The van der Waals surface area contributed by atoms with E-state index in [1.54, 1.807) is 29.1 Å². The lowest BCUT2D eigenvalue weighted by molar-refractivity contribution is 0.425. The number of hydrogen-bond acceptors (Lipinski definition) is 5. The van der Waals surface area contributed by atoms with Gasteiger partial charge in [-0.25, -0.2) is 0 Å². The lowest BCUT2D eigenvalue weighted by atomic mass is 10.1. The lowest BCUT2D eigenvalue weighted by Crippen LogP contribution is -1.88. The largest absolute Gasteiger partial charge is 0.507 e. The van der Waals surface area contributed by atoms with Crippen LogP contribution in [-0.2, 0) is 7.05 Å².